The van der Waals surface area contributed by atoms with Crippen molar-refractivity contribution in [2.24, 2.45) is 0 Å². The second-order valence-electron chi connectivity index (χ2n) is 5.05. The first-order valence-corrected chi connectivity index (χ1v) is 6.45. The Labute approximate surface area is 116 Å². The van der Waals surface area contributed by atoms with Crippen LogP contribution >= 0.6 is 0 Å². The maximum absolute atomic E-state index is 13.0. The molecule has 0 spiro atoms. The molecule has 0 radical (unpaired) electrons. The number of benzene rings is 1. The van der Waals surface area contributed by atoms with Crippen molar-refractivity contribution in [2.45, 2.75) is 32.7 Å². The van der Waals surface area contributed by atoms with Crippen LogP contribution in [0.15, 0.2) is 30.5 Å². The van der Waals surface area contributed by atoms with Crippen LogP contribution in [0.2, 0.25) is 0 Å². The largest absolute Gasteiger partial charge is 0.299 e. The molecular formula is C15H16F2N2O. The van der Waals surface area contributed by atoms with Gasteiger partial charge >= 0.3 is 0 Å². The summed E-state index contributed by atoms with van der Waals surface area (Å²) >= 11 is 0. The minimum Gasteiger partial charge on any atom is -0.299 e. The molecule has 1 aromatic heterocycles. The summed E-state index contributed by atoms with van der Waals surface area (Å²) in [5.41, 5.74) is 1.01. The van der Waals surface area contributed by atoms with Crippen molar-refractivity contribution >= 4 is 5.78 Å². The summed E-state index contributed by atoms with van der Waals surface area (Å²) in [6, 6.07) is 5.15. The number of Topliss-reactive ketones (excluding diaryl/α,β-unsaturated/α-hetero) is 1. The third-order valence-corrected chi connectivity index (χ3v) is 2.89. The van der Waals surface area contributed by atoms with Crippen LogP contribution in [0.1, 0.15) is 31.1 Å². The number of hydrogen-bond donors (Lipinski definition) is 0. The van der Waals surface area contributed by atoms with Crippen molar-refractivity contribution in [3.63, 3.8) is 0 Å². The zero-order valence-corrected chi connectivity index (χ0v) is 11.4. The number of nitrogens with zero attached hydrogens (tertiary/aromatic N) is 2. The van der Waals surface area contributed by atoms with Gasteiger partial charge in [0.1, 0.15) is 17.4 Å². The molecule has 0 saturated heterocycles. The third kappa shape index (κ3) is 3.73. The van der Waals surface area contributed by atoms with Gasteiger partial charge in [0.15, 0.2) is 0 Å². The summed E-state index contributed by atoms with van der Waals surface area (Å²) in [6.45, 7) is 3.99. The molecular weight excluding hydrogens is 262 g/mol. The molecule has 0 atom stereocenters. The van der Waals surface area contributed by atoms with Gasteiger partial charge in [-0.2, -0.15) is 5.10 Å². The van der Waals surface area contributed by atoms with Crippen LogP contribution in [0.25, 0.3) is 0 Å². The van der Waals surface area contributed by atoms with E-state index in [1.165, 1.54) is 12.1 Å². The number of carbonyl (C=O) groups is 1. The SMILES string of the molecule is CC(C)n1ccc(CC(=O)Cc2cc(F)cc(F)c2)n1. The third-order valence-electron chi connectivity index (χ3n) is 2.89. The topological polar surface area (TPSA) is 34.9 Å². The molecule has 0 bridgehead atoms. The van der Waals surface area contributed by atoms with Crippen LogP contribution in [-0.4, -0.2) is 15.6 Å². The zero-order chi connectivity index (χ0) is 14.7. The molecule has 0 aliphatic rings. The van der Waals surface area contributed by atoms with E-state index in [-0.39, 0.29) is 24.7 Å². The maximum Gasteiger partial charge on any atom is 0.143 e. The lowest BCUT2D eigenvalue weighted by Crippen LogP contribution is -2.09. The Hall–Kier alpha value is -2.04. The van der Waals surface area contributed by atoms with Gasteiger partial charge in [-0.3, -0.25) is 9.48 Å². The fourth-order valence-corrected chi connectivity index (χ4v) is 1.96. The van der Waals surface area contributed by atoms with E-state index >= 15 is 0 Å². The minimum absolute atomic E-state index is 0.00319. The van der Waals surface area contributed by atoms with Crippen molar-refractivity contribution in [1.29, 1.82) is 0 Å². The smallest absolute Gasteiger partial charge is 0.143 e. The first kappa shape index (κ1) is 14.4. The molecule has 0 fully saturated rings. The van der Waals surface area contributed by atoms with Crippen molar-refractivity contribution in [2.75, 3.05) is 0 Å². The monoisotopic (exact) mass is 278 g/mol. The Morgan fingerprint density at radius 2 is 1.85 bits per heavy atom. The van der Waals surface area contributed by atoms with Crippen LogP contribution in [0, 0.1) is 11.6 Å². The summed E-state index contributed by atoms with van der Waals surface area (Å²) in [4.78, 5) is 11.9. The Morgan fingerprint density at radius 1 is 1.20 bits per heavy atom. The predicted octanol–water partition coefficient (Wildman–Crippen LogP) is 3.10. The Balaban J connectivity index is 2.01. The van der Waals surface area contributed by atoms with Crippen LogP contribution in [0.3, 0.4) is 0 Å². The van der Waals surface area contributed by atoms with E-state index in [9.17, 15) is 13.6 Å². The highest BCUT2D eigenvalue weighted by atomic mass is 19.1. The molecule has 0 N–H and O–H groups in total. The van der Waals surface area contributed by atoms with Gasteiger partial charge in [0.2, 0.25) is 0 Å². The maximum atomic E-state index is 13.0. The normalized spacial score (nSPS) is 11.1. The molecule has 0 aliphatic heterocycles. The molecule has 0 unspecified atom stereocenters. The number of halogens is 2. The predicted molar refractivity (Wildman–Crippen MR) is 71.4 cm³/mol. The molecule has 2 rings (SSSR count). The average Bonchev–Trinajstić information content (AvgIpc) is 2.75. The number of carbonyl (C=O) groups excluding carboxylic acids is 1. The van der Waals surface area contributed by atoms with Crippen molar-refractivity contribution in [3.05, 3.63) is 53.4 Å². The summed E-state index contributed by atoms with van der Waals surface area (Å²) in [7, 11) is 0. The lowest BCUT2D eigenvalue weighted by molar-refractivity contribution is -0.117. The summed E-state index contributed by atoms with van der Waals surface area (Å²) in [6.07, 6.45) is 1.98. The molecule has 3 nitrogen and oxygen atoms in total. The van der Waals surface area contributed by atoms with E-state index in [0.29, 0.717) is 11.3 Å². The van der Waals surface area contributed by atoms with Gasteiger partial charge in [0.05, 0.1) is 12.1 Å². The molecule has 0 saturated carbocycles. The fraction of sp³-hybridized carbons (Fsp3) is 0.333. The minimum atomic E-state index is -0.670. The Morgan fingerprint density at radius 3 is 2.40 bits per heavy atom. The number of hydrogen-bond acceptors (Lipinski definition) is 2. The molecule has 1 aromatic carbocycles. The van der Waals surface area contributed by atoms with Crippen LogP contribution in [0.5, 0.6) is 0 Å². The van der Waals surface area contributed by atoms with E-state index in [1.54, 1.807) is 10.7 Å². The van der Waals surface area contributed by atoms with Crippen molar-refractivity contribution in [3.8, 4) is 0 Å². The molecule has 106 valence electrons. The second kappa shape index (κ2) is 5.94. The molecule has 5 heteroatoms. The van der Waals surface area contributed by atoms with Gasteiger partial charge in [0.25, 0.3) is 0 Å². The van der Waals surface area contributed by atoms with E-state index in [2.05, 4.69) is 5.10 Å². The molecule has 0 amide bonds. The first-order chi connectivity index (χ1) is 9.44. The molecule has 20 heavy (non-hydrogen) atoms. The van der Waals surface area contributed by atoms with Crippen LogP contribution < -0.4 is 0 Å². The highest BCUT2D eigenvalue weighted by Gasteiger charge is 2.10. The van der Waals surface area contributed by atoms with Crippen LogP contribution in [0.4, 0.5) is 8.78 Å². The number of aromatic nitrogens is 2. The average molecular weight is 278 g/mol. The summed E-state index contributed by atoms with van der Waals surface area (Å²) in [5, 5.41) is 4.27. The fourth-order valence-electron chi connectivity index (χ4n) is 1.96. The Kier molecular flexibility index (Phi) is 4.27. The van der Waals surface area contributed by atoms with Gasteiger partial charge < -0.3 is 0 Å². The summed E-state index contributed by atoms with van der Waals surface area (Å²) in [5.74, 6) is -1.46. The number of ketones is 1. The highest BCUT2D eigenvalue weighted by molar-refractivity contribution is 5.82. The molecule has 2 aromatic rings. The van der Waals surface area contributed by atoms with Gasteiger partial charge in [-0.15, -0.1) is 0 Å². The zero-order valence-electron chi connectivity index (χ0n) is 11.4. The quantitative estimate of drug-likeness (QED) is 0.842. The first-order valence-electron chi connectivity index (χ1n) is 6.45. The number of rotatable bonds is 5. The van der Waals surface area contributed by atoms with Crippen molar-refractivity contribution < 1.29 is 13.6 Å². The highest BCUT2D eigenvalue weighted by Crippen LogP contribution is 2.11. The lowest BCUT2D eigenvalue weighted by Gasteiger charge is -2.04. The van der Waals surface area contributed by atoms with Gasteiger partial charge in [-0.1, -0.05) is 0 Å². The van der Waals surface area contributed by atoms with E-state index in [4.69, 9.17) is 0 Å². The van der Waals surface area contributed by atoms with Gasteiger partial charge in [0, 0.05) is 24.7 Å². The lowest BCUT2D eigenvalue weighted by atomic mass is 10.1. The van der Waals surface area contributed by atoms with E-state index < -0.39 is 11.6 Å². The van der Waals surface area contributed by atoms with E-state index in [0.717, 1.165) is 6.07 Å². The van der Waals surface area contributed by atoms with Gasteiger partial charge in [-0.05, 0) is 37.6 Å². The molecule has 0 aliphatic carbocycles. The molecule has 1 heterocycles. The Bertz CT molecular complexity index is 600. The van der Waals surface area contributed by atoms with Gasteiger partial charge in [-0.25, -0.2) is 8.78 Å². The summed E-state index contributed by atoms with van der Waals surface area (Å²) < 4.78 is 27.8. The van der Waals surface area contributed by atoms with Crippen LogP contribution in [-0.2, 0) is 17.6 Å². The second-order valence-corrected chi connectivity index (χ2v) is 5.05. The van der Waals surface area contributed by atoms with Crippen molar-refractivity contribution in [1.82, 2.24) is 9.78 Å². The standard InChI is InChI=1S/C15H16F2N2O/c1-10(2)19-4-3-14(18-19)9-15(20)7-11-5-12(16)8-13(17)6-11/h3-6,8,10H,7,9H2,1-2H3. The van der Waals surface area contributed by atoms with E-state index in [1.807, 2.05) is 20.0 Å².